The van der Waals surface area contributed by atoms with Crippen LogP contribution in [-0.2, 0) is 11.2 Å². The minimum Gasteiger partial charge on any atom is -0.478 e. The Hall–Kier alpha value is -2.86. The van der Waals surface area contributed by atoms with Crippen LogP contribution >= 0.6 is 11.6 Å². The molecule has 32 heavy (non-hydrogen) atoms. The zero-order valence-electron chi connectivity index (χ0n) is 18.2. The maximum Gasteiger partial charge on any atom is 0.266 e. The van der Waals surface area contributed by atoms with Gasteiger partial charge in [-0.1, -0.05) is 23.7 Å². The summed E-state index contributed by atoms with van der Waals surface area (Å²) >= 11 is 5.95. The molecule has 1 aromatic heterocycles. The SMILES string of the molecule is CC(C)(Oc1ccc(F)cc1)C(=O)N1CCC[C@H](c2ncc(Cc3ccc(Cl)cc3)o2)C1. The molecule has 0 unspecified atom stereocenters. The van der Waals surface area contributed by atoms with Gasteiger partial charge in [0.15, 0.2) is 11.5 Å². The number of piperidine rings is 1. The van der Waals surface area contributed by atoms with Crippen LogP contribution in [0.3, 0.4) is 0 Å². The van der Waals surface area contributed by atoms with Crippen molar-refractivity contribution in [1.29, 1.82) is 0 Å². The molecular weight excluding hydrogens is 431 g/mol. The molecule has 2 heterocycles. The van der Waals surface area contributed by atoms with Crippen LogP contribution in [-0.4, -0.2) is 34.5 Å². The van der Waals surface area contributed by atoms with Gasteiger partial charge in [-0.05, 0) is 68.7 Å². The largest absolute Gasteiger partial charge is 0.478 e. The van der Waals surface area contributed by atoms with Gasteiger partial charge in [-0.15, -0.1) is 0 Å². The Morgan fingerprint density at radius 3 is 2.66 bits per heavy atom. The number of aromatic nitrogens is 1. The van der Waals surface area contributed by atoms with E-state index in [1.165, 1.54) is 24.3 Å². The van der Waals surface area contributed by atoms with Crippen molar-refractivity contribution >= 4 is 17.5 Å². The molecule has 0 bridgehead atoms. The number of likely N-dealkylation sites (tertiary alicyclic amines) is 1. The van der Waals surface area contributed by atoms with E-state index in [1.807, 2.05) is 24.3 Å². The van der Waals surface area contributed by atoms with Crippen molar-refractivity contribution < 1.29 is 18.3 Å². The van der Waals surface area contributed by atoms with Gasteiger partial charge in [0, 0.05) is 24.5 Å². The van der Waals surface area contributed by atoms with Crippen LogP contribution in [0.2, 0.25) is 5.02 Å². The smallest absolute Gasteiger partial charge is 0.266 e. The van der Waals surface area contributed by atoms with E-state index in [-0.39, 0.29) is 17.6 Å². The summed E-state index contributed by atoms with van der Waals surface area (Å²) < 4.78 is 25.1. The zero-order chi connectivity index (χ0) is 22.7. The van der Waals surface area contributed by atoms with Crippen LogP contribution in [0.25, 0.3) is 0 Å². The highest BCUT2D eigenvalue weighted by Gasteiger charge is 2.37. The Kier molecular flexibility index (Phi) is 6.51. The molecule has 1 fully saturated rings. The number of benzene rings is 2. The normalized spacial score (nSPS) is 16.8. The molecule has 0 saturated carbocycles. The van der Waals surface area contributed by atoms with Crippen molar-refractivity contribution in [2.75, 3.05) is 13.1 Å². The molecular formula is C25H26ClFN2O3. The van der Waals surface area contributed by atoms with Gasteiger partial charge in [0.25, 0.3) is 5.91 Å². The van der Waals surface area contributed by atoms with E-state index in [0.717, 1.165) is 24.2 Å². The molecule has 1 atom stereocenters. The van der Waals surface area contributed by atoms with Crippen LogP contribution in [0, 0.1) is 5.82 Å². The Bertz CT molecular complexity index is 1060. The van der Waals surface area contributed by atoms with E-state index in [1.54, 1.807) is 24.9 Å². The fourth-order valence-corrected chi connectivity index (χ4v) is 4.11. The molecule has 1 aliphatic heterocycles. The topological polar surface area (TPSA) is 55.6 Å². The van der Waals surface area contributed by atoms with Crippen molar-refractivity contribution in [3.63, 3.8) is 0 Å². The molecule has 1 saturated heterocycles. The monoisotopic (exact) mass is 456 g/mol. The minimum atomic E-state index is -1.07. The van der Waals surface area contributed by atoms with Gasteiger partial charge >= 0.3 is 0 Å². The van der Waals surface area contributed by atoms with E-state index in [9.17, 15) is 9.18 Å². The third-order valence-electron chi connectivity index (χ3n) is 5.62. The lowest BCUT2D eigenvalue weighted by Crippen LogP contribution is -2.51. The second kappa shape index (κ2) is 9.33. The highest BCUT2D eigenvalue weighted by Crippen LogP contribution is 2.30. The molecule has 0 spiro atoms. The summed E-state index contributed by atoms with van der Waals surface area (Å²) in [6.45, 7) is 4.65. The first-order valence-electron chi connectivity index (χ1n) is 10.7. The predicted molar refractivity (Wildman–Crippen MR) is 120 cm³/mol. The number of amides is 1. The van der Waals surface area contributed by atoms with Gasteiger partial charge in [0.2, 0.25) is 0 Å². The lowest BCUT2D eigenvalue weighted by Gasteiger charge is -2.36. The van der Waals surface area contributed by atoms with Gasteiger partial charge in [0.1, 0.15) is 17.3 Å². The van der Waals surface area contributed by atoms with E-state index < -0.39 is 5.60 Å². The van der Waals surface area contributed by atoms with Gasteiger partial charge in [-0.2, -0.15) is 0 Å². The van der Waals surface area contributed by atoms with Gasteiger partial charge in [0.05, 0.1) is 12.1 Å². The number of oxazole rings is 1. The zero-order valence-corrected chi connectivity index (χ0v) is 18.9. The molecule has 168 valence electrons. The van der Waals surface area contributed by atoms with E-state index >= 15 is 0 Å². The second-order valence-corrected chi connectivity index (χ2v) is 9.06. The van der Waals surface area contributed by atoms with Crippen LogP contribution < -0.4 is 4.74 Å². The van der Waals surface area contributed by atoms with Crippen molar-refractivity contribution in [1.82, 2.24) is 9.88 Å². The maximum absolute atomic E-state index is 13.2. The second-order valence-electron chi connectivity index (χ2n) is 8.62. The lowest BCUT2D eigenvalue weighted by molar-refractivity contribution is -0.146. The number of hydrogen-bond acceptors (Lipinski definition) is 4. The van der Waals surface area contributed by atoms with Crippen LogP contribution in [0.5, 0.6) is 5.75 Å². The highest BCUT2D eigenvalue weighted by molar-refractivity contribution is 6.30. The molecule has 3 aromatic rings. The summed E-state index contributed by atoms with van der Waals surface area (Å²) in [6, 6.07) is 13.3. The number of hydrogen-bond donors (Lipinski definition) is 0. The summed E-state index contributed by atoms with van der Waals surface area (Å²) in [5, 5.41) is 0.699. The molecule has 4 rings (SSSR count). The predicted octanol–water partition coefficient (Wildman–Crippen LogP) is 5.62. The number of carbonyl (C=O) groups is 1. The highest BCUT2D eigenvalue weighted by atomic mass is 35.5. The molecule has 7 heteroatoms. The molecule has 0 aliphatic carbocycles. The van der Waals surface area contributed by atoms with Crippen molar-refractivity contribution in [3.8, 4) is 5.75 Å². The standard InChI is InChI=1S/C25H26ClFN2O3/c1-25(2,32-21-11-9-20(27)10-12-21)24(30)29-13-3-4-18(16-29)23-28-15-22(31-23)14-17-5-7-19(26)8-6-17/h5-12,15,18H,3-4,13-14,16H2,1-2H3/t18-/m0/s1. The Labute approximate surface area is 192 Å². The molecule has 0 N–H and O–H groups in total. The van der Waals surface area contributed by atoms with Crippen LogP contribution in [0.1, 0.15) is 49.8 Å². The number of rotatable bonds is 6. The number of ether oxygens (including phenoxy) is 1. The Morgan fingerprint density at radius 2 is 1.94 bits per heavy atom. The van der Waals surface area contributed by atoms with E-state index in [2.05, 4.69) is 4.98 Å². The average Bonchev–Trinajstić information content (AvgIpc) is 3.25. The summed E-state index contributed by atoms with van der Waals surface area (Å²) in [7, 11) is 0. The van der Waals surface area contributed by atoms with Gasteiger partial charge < -0.3 is 14.1 Å². The first-order valence-corrected chi connectivity index (χ1v) is 11.1. The average molecular weight is 457 g/mol. The fourth-order valence-electron chi connectivity index (χ4n) is 3.98. The van der Waals surface area contributed by atoms with Gasteiger partial charge in [-0.3, -0.25) is 4.79 Å². The van der Waals surface area contributed by atoms with E-state index in [0.29, 0.717) is 36.2 Å². The number of carbonyl (C=O) groups excluding carboxylic acids is 1. The Balaban J connectivity index is 1.40. The molecule has 1 amide bonds. The Morgan fingerprint density at radius 1 is 1.22 bits per heavy atom. The van der Waals surface area contributed by atoms with Crippen LogP contribution in [0.4, 0.5) is 4.39 Å². The molecule has 0 radical (unpaired) electrons. The van der Waals surface area contributed by atoms with Crippen molar-refractivity contribution in [2.24, 2.45) is 0 Å². The molecule has 2 aromatic carbocycles. The quantitative estimate of drug-likeness (QED) is 0.483. The van der Waals surface area contributed by atoms with Crippen LogP contribution in [0.15, 0.2) is 59.1 Å². The third kappa shape index (κ3) is 5.30. The maximum atomic E-state index is 13.2. The molecule has 5 nitrogen and oxygen atoms in total. The van der Waals surface area contributed by atoms with Crippen molar-refractivity contribution in [2.45, 2.75) is 44.6 Å². The molecule has 1 aliphatic rings. The fraction of sp³-hybridized carbons (Fsp3) is 0.360. The van der Waals surface area contributed by atoms with Gasteiger partial charge in [-0.25, -0.2) is 9.37 Å². The summed E-state index contributed by atoms with van der Waals surface area (Å²) in [4.78, 5) is 19.5. The summed E-state index contributed by atoms with van der Waals surface area (Å²) in [6.07, 6.45) is 4.16. The van der Waals surface area contributed by atoms with Crippen molar-refractivity contribution in [3.05, 3.63) is 82.8 Å². The summed E-state index contributed by atoms with van der Waals surface area (Å²) in [5.74, 6) is 1.47. The van der Waals surface area contributed by atoms with E-state index in [4.69, 9.17) is 20.8 Å². The number of nitrogens with zero attached hydrogens (tertiary/aromatic N) is 2. The lowest BCUT2D eigenvalue weighted by atomic mass is 9.96. The first kappa shape index (κ1) is 22.3. The summed E-state index contributed by atoms with van der Waals surface area (Å²) in [5.41, 5.74) is 0.0213. The number of halogens is 2. The first-order chi connectivity index (χ1) is 15.3. The third-order valence-corrected chi connectivity index (χ3v) is 5.87. The minimum absolute atomic E-state index is 0.0355.